The Bertz CT molecular complexity index is 425. The highest BCUT2D eigenvalue weighted by atomic mass is 19.1. The van der Waals surface area contributed by atoms with Crippen LogP contribution in [0.5, 0.6) is 5.75 Å². The van der Waals surface area contributed by atoms with E-state index in [1.165, 1.54) is 25.3 Å². The van der Waals surface area contributed by atoms with Crippen LogP contribution in [0, 0.1) is 5.82 Å². The van der Waals surface area contributed by atoms with Gasteiger partial charge in [0, 0.05) is 19.2 Å². The van der Waals surface area contributed by atoms with Gasteiger partial charge in [-0.05, 0) is 25.1 Å². The number of carbonyl (C=O) groups excluding carboxylic acids is 1. The van der Waals surface area contributed by atoms with Gasteiger partial charge in [0.1, 0.15) is 11.6 Å². The molecule has 0 radical (unpaired) electrons. The Hall–Kier alpha value is -1.66. The minimum Gasteiger partial charge on any atom is -0.481 e. The third-order valence-electron chi connectivity index (χ3n) is 2.47. The van der Waals surface area contributed by atoms with Crippen LogP contribution in [0.15, 0.2) is 18.2 Å². The second-order valence-corrected chi connectivity index (χ2v) is 3.95. The van der Waals surface area contributed by atoms with E-state index < -0.39 is 11.9 Å². The fourth-order valence-electron chi connectivity index (χ4n) is 1.45. The van der Waals surface area contributed by atoms with Crippen molar-refractivity contribution in [2.75, 3.05) is 20.3 Å². The van der Waals surface area contributed by atoms with Crippen molar-refractivity contribution < 1.29 is 23.8 Å². The number of carbonyl (C=O) groups is 1. The molecular formula is C13H18FNO4. The van der Waals surface area contributed by atoms with Gasteiger partial charge in [-0.1, -0.05) is 0 Å². The normalized spacial score (nSPS) is 12.0. The molecule has 5 nitrogen and oxygen atoms in total. The van der Waals surface area contributed by atoms with E-state index in [4.69, 9.17) is 14.6 Å². The fourth-order valence-corrected chi connectivity index (χ4v) is 1.45. The molecule has 0 aromatic heterocycles. The van der Waals surface area contributed by atoms with Crippen LogP contribution in [-0.4, -0.2) is 37.4 Å². The van der Waals surface area contributed by atoms with Crippen molar-refractivity contribution in [3.05, 3.63) is 29.6 Å². The van der Waals surface area contributed by atoms with Gasteiger partial charge in [-0.2, -0.15) is 0 Å². The lowest BCUT2D eigenvalue weighted by Gasteiger charge is -2.16. The van der Waals surface area contributed by atoms with E-state index in [0.29, 0.717) is 24.5 Å². The molecule has 0 spiro atoms. The van der Waals surface area contributed by atoms with E-state index in [1.807, 2.05) is 0 Å². The SMILES string of the molecule is COCCNC(=O)C(C)Oc1ccc(F)cc1CO. The van der Waals surface area contributed by atoms with Crippen LogP contribution >= 0.6 is 0 Å². The first-order valence-electron chi connectivity index (χ1n) is 5.91. The minimum atomic E-state index is -0.743. The average molecular weight is 271 g/mol. The molecule has 0 aliphatic heterocycles. The largest absolute Gasteiger partial charge is 0.481 e. The lowest BCUT2D eigenvalue weighted by atomic mass is 10.2. The summed E-state index contributed by atoms with van der Waals surface area (Å²) in [6.07, 6.45) is -0.743. The molecule has 1 atom stereocenters. The van der Waals surface area contributed by atoms with E-state index in [-0.39, 0.29) is 12.5 Å². The maximum Gasteiger partial charge on any atom is 0.260 e. The van der Waals surface area contributed by atoms with Gasteiger partial charge in [-0.15, -0.1) is 0 Å². The Kier molecular flexibility index (Phi) is 6.24. The highest BCUT2D eigenvalue weighted by Gasteiger charge is 2.16. The molecule has 0 saturated heterocycles. The molecule has 0 aliphatic rings. The second-order valence-electron chi connectivity index (χ2n) is 3.95. The maximum atomic E-state index is 13.0. The number of nitrogens with one attached hydrogen (secondary N) is 1. The summed E-state index contributed by atoms with van der Waals surface area (Å²) >= 11 is 0. The molecule has 0 bridgehead atoms. The quantitative estimate of drug-likeness (QED) is 0.721. The van der Waals surface area contributed by atoms with Gasteiger partial charge in [0.15, 0.2) is 6.10 Å². The molecule has 2 N–H and O–H groups in total. The third-order valence-corrected chi connectivity index (χ3v) is 2.47. The smallest absolute Gasteiger partial charge is 0.260 e. The Morgan fingerprint density at radius 1 is 1.53 bits per heavy atom. The van der Waals surface area contributed by atoms with Gasteiger partial charge < -0.3 is 19.9 Å². The zero-order valence-electron chi connectivity index (χ0n) is 11.0. The Morgan fingerprint density at radius 3 is 2.89 bits per heavy atom. The van der Waals surface area contributed by atoms with Crippen LogP contribution in [0.4, 0.5) is 4.39 Å². The van der Waals surface area contributed by atoms with Crippen molar-refractivity contribution in [3.8, 4) is 5.75 Å². The van der Waals surface area contributed by atoms with Crippen LogP contribution < -0.4 is 10.1 Å². The summed E-state index contributed by atoms with van der Waals surface area (Å²) in [5.41, 5.74) is 0.302. The highest BCUT2D eigenvalue weighted by Crippen LogP contribution is 2.20. The lowest BCUT2D eigenvalue weighted by molar-refractivity contribution is -0.127. The molecule has 1 rings (SSSR count). The first-order valence-corrected chi connectivity index (χ1v) is 5.91. The molecule has 0 saturated carbocycles. The number of aliphatic hydroxyl groups is 1. The first-order chi connectivity index (χ1) is 9.08. The zero-order chi connectivity index (χ0) is 14.3. The molecule has 1 aromatic carbocycles. The highest BCUT2D eigenvalue weighted by molar-refractivity contribution is 5.80. The predicted octanol–water partition coefficient (Wildman–Crippen LogP) is 0.848. The number of rotatable bonds is 7. The molecule has 0 aliphatic carbocycles. The van der Waals surface area contributed by atoms with Gasteiger partial charge >= 0.3 is 0 Å². The van der Waals surface area contributed by atoms with Crippen molar-refractivity contribution in [2.45, 2.75) is 19.6 Å². The van der Waals surface area contributed by atoms with Gasteiger partial charge in [0.25, 0.3) is 5.91 Å². The van der Waals surface area contributed by atoms with E-state index in [9.17, 15) is 9.18 Å². The van der Waals surface area contributed by atoms with Gasteiger partial charge in [-0.25, -0.2) is 4.39 Å². The maximum absolute atomic E-state index is 13.0. The predicted molar refractivity (Wildman–Crippen MR) is 67.3 cm³/mol. The Labute approximate surface area is 111 Å². The van der Waals surface area contributed by atoms with Crippen molar-refractivity contribution in [3.63, 3.8) is 0 Å². The molecule has 1 aromatic rings. The van der Waals surface area contributed by atoms with Crippen LogP contribution in [0.3, 0.4) is 0 Å². The minimum absolute atomic E-state index is 0.290. The number of ether oxygens (including phenoxy) is 2. The van der Waals surface area contributed by atoms with Crippen molar-refractivity contribution in [1.82, 2.24) is 5.32 Å². The molecule has 6 heteroatoms. The Balaban J connectivity index is 2.60. The molecule has 106 valence electrons. The fraction of sp³-hybridized carbons (Fsp3) is 0.462. The summed E-state index contributed by atoms with van der Waals surface area (Å²) in [6.45, 7) is 2.02. The van der Waals surface area contributed by atoms with Crippen molar-refractivity contribution in [1.29, 1.82) is 0 Å². The topological polar surface area (TPSA) is 67.8 Å². The summed E-state index contributed by atoms with van der Waals surface area (Å²) in [5.74, 6) is -0.475. The Morgan fingerprint density at radius 2 is 2.26 bits per heavy atom. The number of halogens is 1. The van der Waals surface area contributed by atoms with Gasteiger partial charge in [0.05, 0.1) is 13.2 Å². The number of hydrogen-bond donors (Lipinski definition) is 2. The van der Waals surface area contributed by atoms with Crippen LogP contribution in [0.2, 0.25) is 0 Å². The standard InChI is InChI=1S/C13H18FNO4/c1-9(13(17)15-5-6-18-2)19-12-4-3-11(14)7-10(12)8-16/h3-4,7,9,16H,5-6,8H2,1-2H3,(H,15,17). The molecule has 19 heavy (non-hydrogen) atoms. The number of aliphatic hydroxyl groups excluding tert-OH is 1. The first kappa shape index (κ1) is 15.4. The molecule has 1 amide bonds. The van der Waals surface area contributed by atoms with Crippen molar-refractivity contribution in [2.24, 2.45) is 0 Å². The number of benzene rings is 1. The summed E-state index contributed by atoms with van der Waals surface area (Å²) in [6, 6.07) is 3.77. The van der Waals surface area contributed by atoms with Crippen molar-refractivity contribution >= 4 is 5.91 Å². The van der Waals surface area contributed by atoms with Crippen LogP contribution in [0.25, 0.3) is 0 Å². The average Bonchev–Trinajstić information content (AvgIpc) is 2.40. The van der Waals surface area contributed by atoms with Gasteiger partial charge in [-0.3, -0.25) is 4.79 Å². The number of amides is 1. The lowest BCUT2D eigenvalue weighted by Crippen LogP contribution is -2.38. The summed E-state index contributed by atoms with van der Waals surface area (Å²) < 4.78 is 23.2. The van der Waals surface area contributed by atoms with Crippen LogP contribution in [-0.2, 0) is 16.1 Å². The zero-order valence-corrected chi connectivity index (χ0v) is 11.0. The van der Waals surface area contributed by atoms with E-state index in [2.05, 4.69) is 5.32 Å². The van der Waals surface area contributed by atoms with E-state index >= 15 is 0 Å². The molecule has 0 fully saturated rings. The van der Waals surface area contributed by atoms with Crippen LogP contribution in [0.1, 0.15) is 12.5 Å². The third kappa shape index (κ3) is 4.84. The molecule has 1 unspecified atom stereocenters. The molecular weight excluding hydrogens is 253 g/mol. The number of hydrogen-bond acceptors (Lipinski definition) is 4. The second kappa shape index (κ2) is 7.70. The van der Waals surface area contributed by atoms with E-state index in [1.54, 1.807) is 6.92 Å². The monoisotopic (exact) mass is 271 g/mol. The summed E-state index contributed by atoms with van der Waals surface area (Å²) in [5, 5.41) is 11.7. The van der Waals surface area contributed by atoms with E-state index in [0.717, 1.165) is 0 Å². The molecule has 0 heterocycles. The summed E-state index contributed by atoms with van der Waals surface area (Å²) in [4.78, 5) is 11.7. The number of methoxy groups -OCH3 is 1. The summed E-state index contributed by atoms with van der Waals surface area (Å²) in [7, 11) is 1.54. The van der Waals surface area contributed by atoms with Gasteiger partial charge in [0.2, 0.25) is 0 Å².